The Balaban J connectivity index is 0.000000408. The Bertz CT molecular complexity index is 1180. The average Bonchev–Trinajstić information content (AvgIpc) is 2.88. The van der Waals surface area contributed by atoms with Crippen molar-refractivity contribution in [1.82, 2.24) is 0 Å². The molecule has 1 fully saturated rings. The summed E-state index contributed by atoms with van der Waals surface area (Å²) in [5.41, 5.74) is -6.98. The highest BCUT2D eigenvalue weighted by Crippen LogP contribution is 2.79. The molecule has 0 amide bonds. The minimum Gasteiger partial charge on any atom is -0.478 e. The first-order valence-electron chi connectivity index (χ1n) is 12.0. The van der Waals surface area contributed by atoms with Crippen LogP contribution in [-0.2, 0) is 28.7 Å². The van der Waals surface area contributed by atoms with Crippen LogP contribution in [0.2, 0.25) is 0 Å². The number of hydrogen-bond acceptors (Lipinski definition) is 10. The van der Waals surface area contributed by atoms with Crippen molar-refractivity contribution in [2.75, 3.05) is 14.2 Å². The van der Waals surface area contributed by atoms with Crippen molar-refractivity contribution in [2.45, 2.75) is 55.4 Å². The second kappa shape index (κ2) is 11.1. The van der Waals surface area contributed by atoms with Crippen LogP contribution in [0.5, 0.6) is 0 Å². The van der Waals surface area contributed by atoms with E-state index in [0.717, 1.165) is 26.0 Å². The van der Waals surface area contributed by atoms with Gasteiger partial charge in [0.05, 0.1) is 47.0 Å². The second-order valence-corrected chi connectivity index (χ2v) is 10.3. The number of methoxy groups -OCH3 is 2. The largest absolute Gasteiger partial charge is 0.478 e. The number of ether oxygens (including phenoxy) is 2. The Morgan fingerprint density at radius 2 is 0.775 bits per heavy atom. The molecule has 0 radical (unpaired) electrons. The summed E-state index contributed by atoms with van der Waals surface area (Å²) in [7, 11) is 2.39. The Kier molecular flexibility index (Phi) is 9.39. The van der Waals surface area contributed by atoms with Gasteiger partial charge >= 0.3 is 23.9 Å². The molecule has 1 aliphatic carbocycles. The van der Waals surface area contributed by atoms with E-state index in [1.807, 2.05) is 0 Å². The number of carboxylic acids is 2. The van der Waals surface area contributed by atoms with E-state index in [1.54, 1.807) is 0 Å². The van der Waals surface area contributed by atoms with Crippen LogP contribution < -0.4 is 0 Å². The number of benzene rings is 1. The molecule has 0 unspecified atom stereocenters. The molecule has 2 N–H and O–H groups in total. The van der Waals surface area contributed by atoms with Crippen LogP contribution in [0.3, 0.4) is 0 Å². The Morgan fingerprint density at radius 3 is 0.925 bits per heavy atom. The Labute approximate surface area is 231 Å². The van der Waals surface area contributed by atoms with Gasteiger partial charge in [0.2, 0.25) is 0 Å². The normalized spacial score (nSPS) is 26.6. The molecule has 0 aromatic heterocycles. The smallest absolute Gasteiger partial charge is 0.336 e. The van der Waals surface area contributed by atoms with Crippen molar-refractivity contribution in [3.05, 3.63) is 34.4 Å². The zero-order valence-corrected chi connectivity index (χ0v) is 24.1. The number of esters is 2. The molecule has 1 aromatic rings. The number of carboxylic acid groups (broad SMARTS) is 2. The lowest BCUT2D eigenvalue weighted by atomic mass is 9.24. The van der Waals surface area contributed by atoms with Gasteiger partial charge in [-0.05, 0) is 53.7 Å². The molecule has 12 heteroatoms. The molecule has 0 bridgehead atoms. The van der Waals surface area contributed by atoms with Gasteiger partial charge in [-0.25, -0.2) is 9.59 Å². The van der Waals surface area contributed by atoms with Crippen molar-refractivity contribution in [3.63, 3.8) is 0 Å². The first kappa shape index (κ1) is 33.8. The maximum atomic E-state index is 12.5. The highest BCUT2D eigenvalue weighted by Gasteiger charge is 2.89. The van der Waals surface area contributed by atoms with Crippen LogP contribution in [-0.4, -0.2) is 71.4 Å². The molecule has 12 nitrogen and oxygen atoms in total. The lowest BCUT2D eigenvalue weighted by Crippen LogP contribution is -2.84. The summed E-state index contributed by atoms with van der Waals surface area (Å²) in [6, 6.07) is 1.84. The zero-order valence-electron chi connectivity index (χ0n) is 24.1. The maximum absolute atomic E-state index is 12.5. The van der Waals surface area contributed by atoms with Crippen molar-refractivity contribution in [2.24, 2.45) is 21.7 Å². The van der Waals surface area contributed by atoms with Gasteiger partial charge in [-0.2, -0.15) is 0 Å². The summed E-state index contributed by atoms with van der Waals surface area (Å²) < 4.78 is 9.72. The third kappa shape index (κ3) is 4.31. The molecule has 0 aliphatic heterocycles. The van der Waals surface area contributed by atoms with E-state index in [0.29, 0.717) is 0 Å². The van der Waals surface area contributed by atoms with Crippen LogP contribution in [0, 0.1) is 21.7 Å². The molecule has 2 rings (SSSR count). The van der Waals surface area contributed by atoms with E-state index in [2.05, 4.69) is 0 Å². The topological polar surface area (TPSA) is 195 Å². The molecule has 1 aromatic carbocycles. The first-order chi connectivity index (χ1) is 18.1. The SMILES string of the molecule is CC(=O)c1cc(C(=O)O)c(C(C)=O)cc1C(=O)O.COC(=O)C1(C)C(C)(C(C)=O)C(C)(C(=O)OC)C1(C)C(C)=O. The fourth-order valence-electron chi connectivity index (χ4n) is 6.11. The van der Waals surface area contributed by atoms with Crippen molar-refractivity contribution in [1.29, 1.82) is 0 Å². The summed E-state index contributed by atoms with van der Waals surface area (Å²) >= 11 is 0. The van der Waals surface area contributed by atoms with Gasteiger partial charge in [-0.15, -0.1) is 0 Å². The average molecular weight is 563 g/mol. The second-order valence-electron chi connectivity index (χ2n) is 10.3. The van der Waals surface area contributed by atoms with Crippen LogP contribution in [0.4, 0.5) is 0 Å². The van der Waals surface area contributed by atoms with Gasteiger partial charge in [0.25, 0.3) is 0 Å². The first-order valence-corrected chi connectivity index (χ1v) is 12.0. The predicted octanol–water partition coefficient (Wildman–Crippen LogP) is 3.04. The van der Waals surface area contributed by atoms with E-state index in [4.69, 9.17) is 19.7 Å². The monoisotopic (exact) mass is 562 g/mol. The summed E-state index contributed by atoms with van der Waals surface area (Å²) in [5.74, 6) is -6.05. The molecule has 218 valence electrons. The number of carbonyl (C=O) groups is 8. The lowest BCUT2D eigenvalue weighted by molar-refractivity contribution is -0.280. The van der Waals surface area contributed by atoms with Crippen molar-refractivity contribution in [3.8, 4) is 0 Å². The molecule has 0 saturated heterocycles. The molecule has 1 saturated carbocycles. The molecule has 40 heavy (non-hydrogen) atoms. The van der Waals surface area contributed by atoms with Crippen molar-refractivity contribution >= 4 is 47.0 Å². The number of ketones is 4. The minimum absolute atomic E-state index is 0.232. The number of rotatable bonds is 8. The van der Waals surface area contributed by atoms with Gasteiger partial charge in [0, 0.05) is 11.1 Å². The van der Waals surface area contributed by atoms with Crippen LogP contribution >= 0.6 is 0 Å². The number of aromatic carboxylic acids is 2. The summed E-state index contributed by atoms with van der Waals surface area (Å²) in [5, 5.41) is 17.9. The minimum atomic E-state index is -1.46. The fourth-order valence-corrected chi connectivity index (χ4v) is 6.11. The number of hydrogen-bond donors (Lipinski definition) is 2. The van der Waals surface area contributed by atoms with E-state index < -0.39 is 57.1 Å². The number of Topliss-reactive ketones (excluding diaryl/α,β-unsaturated/α-hetero) is 4. The molecule has 0 spiro atoms. The Morgan fingerprint density at radius 1 is 0.525 bits per heavy atom. The van der Waals surface area contributed by atoms with E-state index >= 15 is 0 Å². The highest BCUT2D eigenvalue weighted by atomic mass is 16.5. The van der Waals surface area contributed by atoms with E-state index in [-0.39, 0.29) is 33.8 Å². The quantitative estimate of drug-likeness (QED) is 0.348. The fraction of sp³-hybridized carbons (Fsp3) is 0.500. The molecule has 1 aliphatic rings. The van der Waals surface area contributed by atoms with Crippen LogP contribution in [0.1, 0.15) is 96.8 Å². The predicted molar refractivity (Wildman–Crippen MR) is 138 cm³/mol. The molecular formula is C28H34O12. The van der Waals surface area contributed by atoms with Crippen LogP contribution in [0.15, 0.2) is 12.1 Å². The Hall–Kier alpha value is -4.22. The van der Waals surface area contributed by atoms with E-state index in [1.165, 1.54) is 55.8 Å². The van der Waals surface area contributed by atoms with Gasteiger partial charge < -0.3 is 19.7 Å². The van der Waals surface area contributed by atoms with Gasteiger partial charge in [-0.3, -0.25) is 28.8 Å². The lowest BCUT2D eigenvalue weighted by Gasteiger charge is -2.73. The summed E-state index contributed by atoms with van der Waals surface area (Å²) in [4.78, 5) is 94.3. The van der Waals surface area contributed by atoms with Gasteiger partial charge in [-0.1, -0.05) is 13.8 Å². The standard InChI is InChI=1S/C16H24O6.C12H10O6/c1-9(17)13(3)15(5,11(19)21-7)14(4,10(2)18)16(13,6)12(20)22-8;1-5(13)7-3-10(12(17)18)8(6(2)14)4-9(7)11(15)16/h1-8H3;3-4H,1-2H3,(H,15,16)(H,17,18). The third-order valence-electron chi connectivity index (χ3n) is 8.97. The maximum Gasteiger partial charge on any atom is 0.336 e. The third-order valence-corrected chi connectivity index (χ3v) is 8.97. The van der Waals surface area contributed by atoms with Gasteiger partial charge in [0.15, 0.2) is 11.6 Å². The molecule has 0 atom stereocenters. The zero-order chi connectivity index (χ0) is 31.8. The summed E-state index contributed by atoms with van der Waals surface area (Å²) in [6.07, 6.45) is 0. The number of carbonyl (C=O) groups excluding carboxylic acids is 6. The van der Waals surface area contributed by atoms with Crippen LogP contribution in [0.25, 0.3) is 0 Å². The van der Waals surface area contributed by atoms with Gasteiger partial charge in [0.1, 0.15) is 11.6 Å². The van der Waals surface area contributed by atoms with Crippen molar-refractivity contribution < 1.29 is 58.0 Å². The summed E-state index contributed by atoms with van der Waals surface area (Å²) in [6.45, 7) is 10.9. The molecular weight excluding hydrogens is 528 g/mol. The molecule has 0 heterocycles. The highest BCUT2D eigenvalue weighted by molar-refractivity contribution is 6.12. The van der Waals surface area contributed by atoms with E-state index in [9.17, 15) is 38.4 Å².